The normalized spacial score (nSPS) is 11.9. The average molecular weight is 238 g/mol. The molecule has 1 heterocycles. The zero-order valence-electron chi connectivity index (χ0n) is 11.6. The molecule has 0 unspecified atom stereocenters. The topological polar surface area (TPSA) is 44.1 Å². The standard InChI is InChI=1S/C13H22N2O2/c1-9-12(10(2)15(5)14-9)11(16)7-8-13(3,4)17-6/h7-8H2,1-6H3. The maximum absolute atomic E-state index is 12.2. The summed E-state index contributed by atoms with van der Waals surface area (Å²) in [5.74, 6) is 0.151. The molecule has 4 heteroatoms. The number of ether oxygens (including phenoxy) is 1. The van der Waals surface area contributed by atoms with E-state index in [1.54, 1.807) is 11.8 Å². The van der Waals surface area contributed by atoms with Gasteiger partial charge in [0.2, 0.25) is 0 Å². The first-order chi connectivity index (χ1) is 7.78. The van der Waals surface area contributed by atoms with Crippen LogP contribution in [0.1, 0.15) is 48.4 Å². The number of hydrogen-bond donors (Lipinski definition) is 0. The quantitative estimate of drug-likeness (QED) is 0.740. The first-order valence-electron chi connectivity index (χ1n) is 5.87. The second-order valence-corrected chi connectivity index (χ2v) is 5.06. The molecular weight excluding hydrogens is 216 g/mol. The Labute approximate surface area is 103 Å². The molecule has 96 valence electrons. The number of ketones is 1. The van der Waals surface area contributed by atoms with Crippen LogP contribution in [0.4, 0.5) is 0 Å². The van der Waals surface area contributed by atoms with Crippen molar-refractivity contribution < 1.29 is 9.53 Å². The predicted molar refractivity (Wildman–Crippen MR) is 67.3 cm³/mol. The molecule has 0 saturated heterocycles. The maximum Gasteiger partial charge on any atom is 0.166 e. The zero-order chi connectivity index (χ0) is 13.2. The maximum atomic E-state index is 12.2. The number of Topliss-reactive ketones (excluding diaryl/α,β-unsaturated/α-hetero) is 1. The summed E-state index contributed by atoms with van der Waals surface area (Å²) in [6.45, 7) is 7.78. The van der Waals surface area contributed by atoms with E-state index in [-0.39, 0.29) is 11.4 Å². The van der Waals surface area contributed by atoms with Crippen molar-refractivity contribution in [2.75, 3.05) is 7.11 Å². The van der Waals surface area contributed by atoms with Crippen LogP contribution >= 0.6 is 0 Å². The third kappa shape index (κ3) is 3.16. The van der Waals surface area contributed by atoms with Gasteiger partial charge in [-0.1, -0.05) is 0 Å². The van der Waals surface area contributed by atoms with E-state index in [1.807, 2.05) is 34.7 Å². The lowest BCUT2D eigenvalue weighted by atomic mass is 9.97. The van der Waals surface area contributed by atoms with Crippen molar-refractivity contribution in [2.45, 2.75) is 46.1 Å². The molecule has 0 aliphatic carbocycles. The van der Waals surface area contributed by atoms with Crippen molar-refractivity contribution >= 4 is 5.78 Å². The van der Waals surface area contributed by atoms with Crippen molar-refractivity contribution in [3.63, 3.8) is 0 Å². The number of carbonyl (C=O) groups is 1. The Morgan fingerprint density at radius 1 is 1.41 bits per heavy atom. The smallest absolute Gasteiger partial charge is 0.166 e. The van der Waals surface area contributed by atoms with Crippen LogP contribution in [0, 0.1) is 13.8 Å². The van der Waals surface area contributed by atoms with E-state index in [0.717, 1.165) is 23.4 Å². The second kappa shape index (κ2) is 5.00. The van der Waals surface area contributed by atoms with Crippen molar-refractivity contribution in [1.82, 2.24) is 9.78 Å². The lowest BCUT2D eigenvalue weighted by Crippen LogP contribution is -2.23. The minimum atomic E-state index is -0.250. The van der Waals surface area contributed by atoms with Gasteiger partial charge >= 0.3 is 0 Å². The summed E-state index contributed by atoms with van der Waals surface area (Å²) in [5, 5.41) is 4.26. The van der Waals surface area contributed by atoms with Crippen molar-refractivity contribution in [3.8, 4) is 0 Å². The number of methoxy groups -OCH3 is 1. The molecule has 0 radical (unpaired) electrons. The number of hydrogen-bond acceptors (Lipinski definition) is 3. The summed E-state index contributed by atoms with van der Waals surface area (Å²) in [7, 11) is 3.53. The van der Waals surface area contributed by atoms with Crippen LogP contribution < -0.4 is 0 Å². The molecule has 0 bridgehead atoms. The second-order valence-electron chi connectivity index (χ2n) is 5.06. The highest BCUT2D eigenvalue weighted by molar-refractivity contribution is 5.98. The van der Waals surface area contributed by atoms with E-state index in [0.29, 0.717) is 6.42 Å². The van der Waals surface area contributed by atoms with Gasteiger partial charge in [-0.3, -0.25) is 9.48 Å². The fraction of sp³-hybridized carbons (Fsp3) is 0.692. The third-order valence-electron chi connectivity index (χ3n) is 3.29. The summed E-state index contributed by atoms with van der Waals surface area (Å²) in [6, 6.07) is 0. The molecule has 0 amide bonds. The van der Waals surface area contributed by atoms with E-state index in [1.165, 1.54) is 0 Å². The Morgan fingerprint density at radius 3 is 2.41 bits per heavy atom. The molecule has 0 aromatic carbocycles. The summed E-state index contributed by atoms with van der Waals surface area (Å²) in [4.78, 5) is 12.2. The van der Waals surface area contributed by atoms with Gasteiger partial charge in [0.25, 0.3) is 0 Å². The van der Waals surface area contributed by atoms with Gasteiger partial charge < -0.3 is 4.74 Å². The van der Waals surface area contributed by atoms with E-state index < -0.39 is 0 Å². The molecule has 1 aromatic heterocycles. The lowest BCUT2D eigenvalue weighted by Gasteiger charge is -2.22. The van der Waals surface area contributed by atoms with Gasteiger partial charge in [-0.25, -0.2) is 0 Å². The van der Waals surface area contributed by atoms with Crippen LogP contribution in [-0.4, -0.2) is 28.3 Å². The average Bonchev–Trinajstić information content (AvgIpc) is 2.50. The van der Waals surface area contributed by atoms with Crippen LogP contribution in [-0.2, 0) is 11.8 Å². The molecule has 17 heavy (non-hydrogen) atoms. The molecular formula is C13H22N2O2. The van der Waals surface area contributed by atoms with Crippen LogP contribution in [0.25, 0.3) is 0 Å². The molecule has 0 saturated carbocycles. The van der Waals surface area contributed by atoms with E-state index in [9.17, 15) is 4.79 Å². The Morgan fingerprint density at radius 2 is 2.00 bits per heavy atom. The fourth-order valence-electron chi connectivity index (χ4n) is 1.82. The molecule has 0 atom stereocenters. The highest BCUT2D eigenvalue weighted by Crippen LogP contribution is 2.20. The van der Waals surface area contributed by atoms with E-state index >= 15 is 0 Å². The fourth-order valence-corrected chi connectivity index (χ4v) is 1.82. The van der Waals surface area contributed by atoms with Crippen molar-refractivity contribution in [3.05, 3.63) is 17.0 Å². The van der Waals surface area contributed by atoms with Crippen molar-refractivity contribution in [1.29, 1.82) is 0 Å². The van der Waals surface area contributed by atoms with Gasteiger partial charge in [0.05, 0.1) is 16.9 Å². The Hall–Kier alpha value is -1.16. The molecule has 1 rings (SSSR count). The van der Waals surface area contributed by atoms with Crippen molar-refractivity contribution in [2.24, 2.45) is 7.05 Å². The number of aryl methyl sites for hydroxylation is 2. The molecule has 0 aliphatic rings. The summed E-state index contributed by atoms with van der Waals surface area (Å²) in [6.07, 6.45) is 1.21. The van der Waals surface area contributed by atoms with Gasteiger partial charge in [0.1, 0.15) is 0 Å². The van der Waals surface area contributed by atoms with E-state index in [4.69, 9.17) is 4.74 Å². The van der Waals surface area contributed by atoms with Gasteiger partial charge in [-0.2, -0.15) is 5.10 Å². The van der Waals surface area contributed by atoms with Crippen LogP contribution in [0.15, 0.2) is 0 Å². The summed E-state index contributed by atoms with van der Waals surface area (Å²) < 4.78 is 7.07. The highest BCUT2D eigenvalue weighted by Gasteiger charge is 2.22. The van der Waals surface area contributed by atoms with Gasteiger partial charge in [0, 0.05) is 26.3 Å². The summed E-state index contributed by atoms with van der Waals surface area (Å²) in [5.41, 5.74) is 2.26. The monoisotopic (exact) mass is 238 g/mol. The summed E-state index contributed by atoms with van der Waals surface area (Å²) >= 11 is 0. The van der Waals surface area contributed by atoms with Gasteiger partial charge in [-0.05, 0) is 34.1 Å². The minimum Gasteiger partial charge on any atom is -0.379 e. The Bertz CT molecular complexity index is 419. The molecule has 4 nitrogen and oxygen atoms in total. The number of aromatic nitrogens is 2. The number of rotatable bonds is 5. The molecule has 0 aliphatic heterocycles. The van der Waals surface area contributed by atoms with Crippen LogP contribution in [0.2, 0.25) is 0 Å². The van der Waals surface area contributed by atoms with Crippen LogP contribution in [0.3, 0.4) is 0 Å². The lowest BCUT2D eigenvalue weighted by molar-refractivity contribution is 0.0141. The first kappa shape index (κ1) is 13.9. The first-order valence-corrected chi connectivity index (χ1v) is 5.87. The largest absolute Gasteiger partial charge is 0.379 e. The third-order valence-corrected chi connectivity index (χ3v) is 3.29. The molecule has 0 fully saturated rings. The van der Waals surface area contributed by atoms with E-state index in [2.05, 4.69) is 5.10 Å². The SMILES string of the molecule is COC(C)(C)CCC(=O)c1c(C)nn(C)c1C. The van der Waals surface area contributed by atoms with Crippen LogP contribution in [0.5, 0.6) is 0 Å². The molecule has 0 N–H and O–H groups in total. The predicted octanol–water partition coefficient (Wildman–Crippen LogP) is 2.42. The molecule has 1 aromatic rings. The van der Waals surface area contributed by atoms with Gasteiger partial charge in [-0.15, -0.1) is 0 Å². The Kier molecular flexibility index (Phi) is 4.09. The number of carbonyl (C=O) groups excluding carboxylic acids is 1. The minimum absolute atomic E-state index is 0.151. The molecule has 0 spiro atoms. The highest BCUT2D eigenvalue weighted by atomic mass is 16.5. The number of nitrogens with zero attached hydrogens (tertiary/aromatic N) is 2. The van der Waals surface area contributed by atoms with Gasteiger partial charge in [0.15, 0.2) is 5.78 Å². The zero-order valence-corrected chi connectivity index (χ0v) is 11.6. The Balaban J connectivity index is 2.78.